The molecule has 0 saturated heterocycles. The largest absolute Gasteiger partial charge is 0.339 e. The van der Waals surface area contributed by atoms with Crippen LogP contribution in [-0.2, 0) is 5.54 Å². The fourth-order valence-electron chi connectivity index (χ4n) is 2.23. The summed E-state index contributed by atoms with van der Waals surface area (Å²) in [5, 5.41) is 10.0. The lowest BCUT2D eigenvalue weighted by atomic mass is 9.76. The van der Waals surface area contributed by atoms with Gasteiger partial charge in [-0.15, -0.1) is 0 Å². The molecule has 0 unspecified atom stereocenters. The van der Waals surface area contributed by atoms with Crippen LogP contribution in [0, 0.1) is 0 Å². The Labute approximate surface area is 114 Å². The summed E-state index contributed by atoms with van der Waals surface area (Å²) in [6.45, 7) is 0. The maximum atomic E-state index is 12.3. The van der Waals surface area contributed by atoms with E-state index in [1.807, 2.05) is 0 Å². The smallest absolute Gasteiger partial charge is 0.253 e. The fraction of sp³-hybridized carbons (Fsp3) is 0.333. The first-order valence-electron chi connectivity index (χ1n) is 5.99. The van der Waals surface area contributed by atoms with Crippen molar-refractivity contribution in [3.63, 3.8) is 0 Å². The third-order valence-corrected chi connectivity index (χ3v) is 3.75. The summed E-state index contributed by atoms with van der Waals surface area (Å²) in [5.41, 5.74) is -0.0253. The third-order valence-electron chi connectivity index (χ3n) is 3.45. The van der Waals surface area contributed by atoms with Gasteiger partial charge in [-0.1, -0.05) is 11.6 Å². The number of hydrogen-bond acceptors (Lipinski definition) is 4. The summed E-state index contributed by atoms with van der Waals surface area (Å²) in [4.78, 5) is 20.3. The Morgan fingerprint density at radius 1 is 1.47 bits per heavy atom. The number of aromatic amines is 1. The van der Waals surface area contributed by atoms with Gasteiger partial charge >= 0.3 is 0 Å². The van der Waals surface area contributed by atoms with Gasteiger partial charge in [0.1, 0.15) is 12.2 Å². The highest BCUT2D eigenvalue weighted by atomic mass is 35.5. The van der Waals surface area contributed by atoms with E-state index < -0.39 is 5.54 Å². The van der Waals surface area contributed by atoms with Gasteiger partial charge in [0, 0.05) is 12.4 Å². The van der Waals surface area contributed by atoms with Gasteiger partial charge in [0.15, 0.2) is 0 Å². The molecule has 0 aliphatic heterocycles. The lowest BCUT2D eigenvalue weighted by Gasteiger charge is -2.40. The van der Waals surface area contributed by atoms with Crippen molar-refractivity contribution in [2.24, 2.45) is 0 Å². The molecule has 0 radical (unpaired) electrons. The second kappa shape index (κ2) is 4.62. The molecule has 1 amide bonds. The minimum Gasteiger partial charge on any atom is -0.339 e. The van der Waals surface area contributed by atoms with Crippen LogP contribution in [0.5, 0.6) is 0 Å². The number of hydrogen-bond donors (Lipinski definition) is 2. The van der Waals surface area contributed by atoms with E-state index in [4.69, 9.17) is 11.6 Å². The summed E-state index contributed by atoms with van der Waals surface area (Å²) in [6.07, 6.45) is 7.18. The second-order valence-corrected chi connectivity index (χ2v) is 4.99. The van der Waals surface area contributed by atoms with Gasteiger partial charge in [-0.2, -0.15) is 5.10 Å². The van der Waals surface area contributed by atoms with E-state index in [1.54, 1.807) is 12.3 Å². The van der Waals surface area contributed by atoms with E-state index >= 15 is 0 Å². The molecule has 3 rings (SSSR count). The molecule has 1 aliphatic rings. The Balaban J connectivity index is 1.85. The number of aromatic nitrogens is 4. The summed E-state index contributed by atoms with van der Waals surface area (Å²) >= 11 is 5.97. The maximum absolute atomic E-state index is 12.3. The molecular weight excluding hydrogens is 266 g/mol. The minimum absolute atomic E-state index is 0.219. The summed E-state index contributed by atoms with van der Waals surface area (Å²) < 4.78 is 0. The lowest BCUT2D eigenvalue weighted by molar-refractivity contribution is 0.0810. The zero-order chi connectivity index (χ0) is 13.3. The Morgan fingerprint density at radius 3 is 2.89 bits per heavy atom. The van der Waals surface area contributed by atoms with Crippen molar-refractivity contribution in [1.82, 2.24) is 25.5 Å². The number of H-pyrrole nitrogens is 1. The predicted octanol–water partition coefficient (Wildman–Crippen LogP) is 1.66. The van der Waals surface area contributed by atoms with Crippen LogP contribution < -0.4 is 5.32 Å². The molecule has 1 aliphatic carbocycles. The molecule has 2 aromatic heterocycles. The number of carbonyl (C=O) groups is 1. The highest BCUT2D eigenvalue weighted by Gasteiger charge is 2.43. The highest BCUT2D eigenvalue weighted by Crippen LogP contribution is 2.39. The number of pyridine rings is 1. The van der Waals surface area contributed by atoms with Gasteiger partial charge in [-0.05, 0) is 25.3 Å². The van der Waals surface area contributed by atoms with E-state index in [0.717, 1.165) is 19.3 Å². The topological polar surface area (TPSA) is 83.6 Å². The highest BCUT2D eigenvalue weighted by molar-refractivity contribution is 6.33. The molecule has 7 heteroatoms. The lowest BCUT2D eigenvalue weighted by Crippen LogP contribution is -2.51. The van der Waals surface area contributed by atoms with Crippen molar-refractivity contribution in [2.75, 3.05) is 0 Å². The molecule has 19 heavy (non-hydrogen) atoms. The van der Waals surface area contributed by atoms with Crippen LogP contribution in [0.3, 0.4) is 0 Å². The molecule has 1 saturated carbocycles. The zero-order valence-corrected chi connectivity index (χ0v) is 10.8. The Bertz CT molecular complexity index is 594. The van der Waals surface area contributed by atoms with Crippen LogP contribution in [-0.4, -0.2) is 26.1 Å². The van der Waals surface area contributed by atoms with Crippen molar-refractivity contribution in [3.05, 3.63) is 41.2 Å². The van der Waals surface area contributed by atoms with Gasteiger partial charge < -0.3 is 5.32 Å². The van der Waals surface area contributed by atoms with Crippen molar-refractivity contribution < 1.29 is 4.79 Å². The number of amides is 1. The molecule has 0 spiro atoms. The summed E-state index contributed by atoms with van der Waals surface area (Å²) in [5.74, 6) is 0.473. The molecule has 0 aromatic carbocycles. The molecule has 0 atom stereocenters. The van der Waals surface area contributed by atoms with E-state index in [1.165, 1.54) is 12.5 Å². The first kappa shape index (κ1) is 12.1. The fourth-order valence-corrected chi connectivity index (χ4v) is 2.44. The molecule has 2 heterocycles. The molecule has 6 nitrogen and oxygen atoms in total. The van der Waals surface area contributed by atoms with Crippen LogP contribution in [0.15, 0.2) is 24.8 Å². The van der Waals surface area contributed by atoms with Crippen molar-refractivity contribution in [2.45, 2.75) is 24.8 Å². The Morgan fingerprint density at radius 2 is 2.32 bits per heavy atom. The first-order valence-corrected chi connectivity index (χ1v) is 6.37. The Hall–Kier alpha value is -1.95. The van der Waals surface area contributed by atoms with Gasteiger partial charge in [-0.3, -0.25) is 14.9 Å². The Kier molecular flexibility index (Phi) is 2.94. The van der Waals surface area contributed by atoms with E-state index in [-0.39, 0.29) is 5.91 Å². The van der Waals surface area contributed by atoms with Crippen molar-refractivity contribution >= 4 is 17.5 Å². The maximum Gasteiger partial charge on any atom is 0.253 e. The SMILES string of the molecule is O=C(NC1(c2ncn[nH]2)CCC1)c1ccncc1Cl. The summed E-state index contributed by atoms with van der Waals surface area (Å²) in [7, 11) is 0. The molecule has 98 valence electrons. The monoisotopic (exact) mass is 277 g/mol. The average molecular weight is 278 g/mol. The minimum atomic E-state index is -0.444. The van der Waals surface area contributed by atoms with E-state index in [0.29, 0.717) is 16.4 Å². The number of carbonyl (C=O) groups excluding carboxylic acids is 1. The van der Waals surface area contributed by atoms with Gasteiger partial charge in [0.05, 0.1) is 16.1 Å². The number of halogens is 1. The zero-order valence-electron chi connectivity index (χ0n) is 10.1. The molecule has 2 N–H and O–H groups in total. The van der Waals surface area contributed by atoms with Crippen molar-refractivity contribution in [3.8, 4) is 0 Å². The average Bonchev–Trinajstić information content (AvgIpc) is 2.88. The van der Waals surface area contributed by atoms with Crippen LogP contribution in [0.2, 0.25) is 5.02 Å². The van der Waals surface area contributed by atoms with Crippen LogP contribution >= 0.6 is 11.6 Å². The number of nitrogens with zero attached hydrogens (tertiary/aromatic N) is 3. The van der Waals surface area contributed by atoms with Gasteiger partial charge in [0.2, 0.25) is 0 Å². The van der Waals surface area contributed by atoms with Gasteiger partial charge in [0.25, 0.3) is 5.91 Å². The van der Waals surface area contributed by atoms with E-state index in [2.05, 4.69) is 25.5 Å². The molecule has 1 fully saturated rings. The van der Waals surface area contributed by atoms with Crippen LogP contribution in [0.25, 0.3) is 0 Å². The predicted molar refractivity (Wildman–Crippen MR) is 68.6 cm³/mol. The second-order valence-electron chi connectivity index (χ2n) is 4.58. The standard InChI is InChI=1S/C12H12ClN5O/c13-9-6-14-5-2-8(9)10(19)17-12(3-1-4-12)11-15-7-16-18-11/h2,5-7H,1,3-4H2,(H,17,19)(H,15,16,18). The quantitative estimate of drug-likeness (QED) is 0.894. The van der Waals surface area contributed by atoms with Crippen LogP contribution in [0.1, 0.15) is 35.4 Å². The number of rotatable bonds is 3. The summed E-state index contributed by atoms with van der Waals surface area (Å²) in [6, 6.07) is 1.60. The van der Waals surface area contributed by atoms with Gasteiger partial charge in [-0.25, -0.2) is 4.98 Å². The van der Waals surface area contributed by atoms with Crippen molar-refractivity contribution in [1.29, 1.82) is 0 Å². The van der Waals surface area contributed by atoms with E-state index in [9.17, 15) is 4.79 Å². The van der Waals surface area contributed by atoms with Crippen LogP contribution in [0.4, 0.5) is 0 Å². The molecule has 2 aromatic rings. The molecular formula is C12H12ClN5O. The molecule has 0 bridgehead atoms. The number of nitrogens with one attached hydrogen (secondary N) is 2. The third kappa shape index (κ3) is 2.08. The first-order chi connectivity index (χ1) is 9.21. The normalized spacial score (nSPS) is 16.7.